The van der Waals surface area contributed by atoms with E-state index >= 15 is 0 Å². The number of rotatable bonds is 2. The van der Waals surface area contributed by atoms with Gasteiger partial charge in [-0.25, -0.2) is 4.79 Å². The molecule has 3 heterocycles. The molecule has 17 heavy (non-hydrogen) atoms. The van der Waals surface area contributed by atoms with Crippen LogP contribution in [-0.4, -0.2) is 40.1 Å². The largest absolute Gasteiger partial charge is 0.394 e. The average molecular weight is 239 g/mol. The van der Waals surface area contributed by atoms with Gasteiger partial charge in [0, 0.05) is 12.6 Å². The molecule has 2 saturated heterocycles. The molecule has 0 radical (unpaired) electrons. The molecule has 1 unspecified atom stereocenters. The molecule has 1 aromatic heterocycles. The first-order valence-corrected chi connectivity index (χ1v) is 5.40. The van der Waals surface area contributed by atoms with Crippen molar-refractivity contribution in [2.75, 3.05) is 18.9 Å². The second kappa shape index (κ2) is 3.52. The van der Waals surface area contributed by atoms with Gasteiger partial charge in [-0.2, -0.15) is 4.98 Å². The van der Waals surface area contributed by atoms with E-state index in [9.17, 15) is 4.79 Å². The Bertz CT molecular complexity index is 503. The Labute approximate surface area is 96.8 Å². The van der Waals surface area contributed by atoms with Crippen LogP contribution in [0.25, 0.3) is 0 Å². The minimum atomic E-state index is -0.837. The number of aromatic nitrogens is 2. The first kappa shape index (κ1) is 10.7. The third-order valence-electron chi connectivity index (χ3n) is 3.27. The Hall–Kier alpha value is -1.44. The summed E-state index contributed by atoms with van der Waals surface area (Å²) >= 11 is 0. The summed E-state index contributed by atoms with van der Waals surface area (Å²) in [6.07, 6.45) is 1.55. The highest BCUT2D eigenvalue weighted by molar-refractivity contribution is 5.24. The normalized spacial score (nSPS) is 35.4. The van der Waals surface area contributed by atoms with Crippen molar-refractivity contribution < 1.29 is 14.6 Å². The average Bonchev–Trinajstić information content (AvgIpc) is 2.86. The van der Waals surface area contributed by atoms with Crippen molar-refractivity contribution in [1.82, 2.24) is 9.55 Å². The van der Waals surface area contributed by atoms with E-state index in [1.165, 1.54) is 4.57 Å². The summed E-state index contributed by atoms with van der Waals surface area (Å²) in [5.41, 5.74) is 4.14. The van der Waals surface area contributed by atoms with Gasteiger partial charge in [-0.15, -0.1) is 0 Å². The fraction of sp³-hybridized carbons (Fsp3) is 0.600. The molecule has 3 rings (SSSR count). The molecular weight excluding hydrogens is 226 g/mol. The Morgan fingerprint density at radius 3 is 3.18 bits per heavy atom. The molecule has 0 aliphatic carbocycles. The maximum Gasteiger partial charge on any atom is 0.351 e. The van der Waals surface area contributed by atoms with Gasteiger partial charge in [0.05, 0.1) is 19.3 Å². The Kier molecular flexibility index (Phi) is 2.22. The number of nitrogens with zero attached hydrogens (tertiary/aromatic N) is 2. The van der Waals surface area contributed by atoms with E-state index in [0.29, 0.717) is 13.0 Å². The summed E-state index contributed by atoms with van der Waals surface area (Å²) in [6.45, 7) is 0.170. The van der Waals surface area contributed by atoms with Crippen LogP contribution in [0.15, 0.2) is 17.1 Å². The zero-order valence-corrected chi connectivity index (χ0v) is 9.07. The van der Waals surface area contributed by atoms with Gasteiger partial charge in [-0.05, 0) is 6.07 Å². The van der Waals surface area contributed by atoms with E-state index in [2.05, 4.69) is 4.98 Å². The number of anilines is 1. The molecule has 0 amide bonds. The van der Waals surface area contributed by atoms with Crippen molar-refractivity contribution in [3.8, 4) is 0 Å². The molecule has 3 N–H and O–H groups in total. The summed E-state index contributed by atoms with van der Waals surface area (Å²) in [5, 5.41) is 9.13. The summed E-state index contributed by atoms with van der Waals surface area (Å²) in [4.78, 5) is 15.4. The summed E-state index contributed by atoms with van der Waals surface area (Å²) in [5.74, 6) is 0.176. The zero-order chi connectivity index (χ0) is 12.0. The summed E-state index contributed by atoms with van der Waals surface area (Å²) in [6, 6.07) is 1.54. The maximum atomic E-state index is 11.8. The fourth-order valence-corrected chi connectivity index (χ4v) is 2.45. The van der Waals surface area contributed by atoms with E-state index in [1.807, 2.05) is 0 Å². The van der Waals surface area contributed by atoms with Crippen molar-refractivity contribution in [3.05, 3.63) is 22.7 Å². The van der Waals surface area contributed by atoms with Crippen molar-refractivity contribution in [3.63, 3.8) is 0 Å². The number of hydrogen-bond donors (Lipinski definition) is 2. The number of fused-ring (bicyclic) bond motifs is 2. The highest BCUT2D eigenvalue weighted by Gasteiger charge is 2.54. The Morgan fingerprint density at radius 1 is 1.71 bits per heavy atom. The maximum absolute atomic E-state index is 11.8. The van der Waals surface area contributed by atoms with Gasteiger partial charge in [0.15, 0.2) is 5.72 Å². The van der Waals surface area contributed by atoms with Gasteiger partial charge in [0.2, 0.25) is 0 Å². The van der Waals surface area contributed by atoms with E-state index in [0.717, 1.165) is 0 Å². The second-order valence-corrected chi connectivity index (χ2v) is 4.34. The second-order valence-electron chi connectivity index (χ2n) is 4.34. The summed E-state index contributed by atoms with van der Waals surface area (Å²) < 4.78 is 12.6. The molecule has 7 nitrogen and oxygen atoms in total. The predicted molar refractivity (Wildman–Crippen MR) is 57.2 cm³/mol. The molecule has 0 spiro atoms. The number of nitrogen functional groups attached to an aromatic ring is 1. The molecule has 0 saturated carbocycles. The first-order chi connectivity index (χ1) is 8.14. The van der Waals surface area contributed by atoms with Crippen LogP contribution in [0.3, 0.4) is 0 Å². The van der Waals surface area contributed by atoms with Gasteiger partial charge >= 0.3 is 5.69 Å². The number of aliphatic hydroxyl groups excluding tert-OH is 1. The molecule has 2 aliphatic rings. The molecule has 1 aromatic rings. The standard InChI is InChI=1S/C10H13N3O4/c11-8-1-2-13(9(15)12-8)10-3-6(16-5-10)7(4-14)17-10/h1-2,6-7,14H,3-5H2,(H2,11,12,15)/t6?,7-,10+/m1/s1. The monoisotopic (exact) mass is 239 g/mol. The number of nitrogens with two attached hydrogens (primary N) is 1. The van der Waals surface area contributed by atoms with Crippen LogP contribution in [0.2, 0.25) is 0 Å². The van der Waals surface area contributed by atoms with Gasteiger partial charge in [-0.3, -0.25) is 4.57 Å². The van der Waals surface area contributed by atoms with Crippen LogP contribution in [0.4, 0.5) is 5.82 Å². The number of aliphatic hydroxyl groups is 1. The van der Waals surface area contributed by atoms with Crippen LogP contribution in [0, 0.1) is 0 Å². The first-order valence-electron chi connectivity index (χ1n) is 5.40. The van der Waals surface area contributed by atoms with Gasteiger partial charge in [0.1, 0.15) is 11.9 Å². The van der Waals surface area contributed by atoms with Gasteiger partial charge < -0.3 is 20.3 Å². The topological polar surface area (TPSA) is 99.6 Å². The molecule has 7 heteroatoms. The van der Waals surface area contributed by atoms with Crippen LogP contribution in [0.1, 0.15) is 6.42 Å². The zero-order valence-electron chi connectivity index (χ0n) is 9.07. The third kappa shape index (κ3) is 1.47. The fourth-order valence-electron chi connectivity index (χ4n) is 2.45. The lowest BCUT2D eigenvalue weighted by molar-refractivity contribution is -0.189. The van der Waals surface area contributed by atoms with Crippen LogP contribution >= 0.6 is 0 Å². The SMILES string of the molecule is Nc1ccn([C@@]23COC(C2)[C@@H](CO)O3)c(=O)n1. The van der Waals surface area contributed by atoms with E-state index in [-0.39, 0.29) is 24.6 Å². The molecule has 0 aromatic carbocycles. The van der Waals surface area contributed by atoms with Crippen LogP contribution in [-0.2, 0) is 15.2 Å². The Balaban J connectivity index is 2.02. The van der Waals surface area contributed by atoms with Crippen molar-refractivity contribution in [2.45, 2.75) is 24.4 Å². The highest BCUT2D eigenvalue weighted by Crippen LogP contribution is 2.42. The molecule has 92 valence electrons. The lowest BCUT2D eigenvalue weighted by Crippen LogP contribution is -2.46. The quantitative estimate of drug-likeness (QED) is 0.662. The Morgan fingerprint density at radius 2 is 2.53 bits per heavy atom. The number of hydrogen-bond acceptors (Lipinski definition) is 6. The third-order valence-corrected chi connectivity index (χ3v) is 3.27. The lowest BCUT2D eigenvalue weighted by atomic mass is 10.1. The molecule has 2 fully saturated rings. The molecule has 2 bridgehead atoms. The number of ether oxygens (including phenoxy) is 2. The van der Waals surface area contributed by atoms with Crippen molar-refractivity contribution in [1.29, 1.82) is 0 Å². The van der Waals surface area contributed by atoms with Gasteiger partial charge in [0.25, 0.3) is 0 Å². The van der Waals surface area contributed by atoms with E-state index in [4.69, 9.17) is 20.3 Å². The highest BCUT2D eigenvalue weighted by atomic mass is 16.6. The minimum absolute atomic E-state index is 0.121. The molecule has 2 aliphatic heterocycles. The van der Waals surface area contributed by atoms with Crippen LogP contribution in [0.5, 0.6) is 0 Å². The van der Waals surface area contributed by atoms with Crippen LogP contribution < -0.4 is 11.4 Å². The molecular formula is C10H13N3O4. The van der Waals surface area contributed by atoms with Crippen molar-refractivity contribution in [2.24, 2.45) is 0 Å². The minimum Gasteiger partial charge on any atom is -0.394 e. The van der Waals surface area contributed by atoms with Gasteiger partial charge in [-0.1, -0.05) is 0 Å². The molecule has 3 atom stereocenters. The summed E-state index contributed by atoms with van der Waals surface area (Å²) in [7, 11) is 0. The smallest absolute Gasteiger partial charge is 0.351 e. The van der Waals surface area contributed by atoms with E-state index in [1.54, 1.807) is 12.3 Å². The lowest BCUT2D eigenvalue weighted by Gasteiger charge is -2.31. The van der Waals surface area contributed by atoms with Crippen molar-refractivity contribution >= 4 is 5.82 Å². The van der Waals surface area contributed by atoms with E-state index < -0.39 is 11.4 Å². The predicted octanol–water partition coefficient (Wildman–Crippen LogP) is -1.34.